The molecule has 1 aliphatic rings. The molecule has 0 saturated carbocycles. The van der Waals surface area contributed by atoms with Crippen LogP contribution in [0.25, 0.3) is 0 Å². The van der Waals surface area contributed by atoms with Gasteiger partial charge in [0.15, 0.2) is 6.10 Å². The topological polar surface area (TPSA) is 76.4 Å². The lowest BCUT2D eigenvalue weighted by Crippen LogP contribution is -2.47. The Morgan fingerprint density at radius 2 is 1.95 bits per heavy atom. The summed E-state index contributed by atoms with van der Waals surface area (Å²) >= 11 is 0. The van der Waals surface area contributed by atoms with E-state index in [1.54, 1.807) is 6.92 Å². The monoisotopic (exact) mass is 305 g/mol. The Morgan fingerprint density at radius 1 is 1.32 bits per heavy atom. The number of nitrogen functional groups attached to an aromatic ring is 1. The Hall–Kier alpha value is -1.75. The first-order valence-corrected chi connectivity index (χ1v) is 7.94. The van der Waals surface area contributed by atoms with Crippen LogP contribution in [-0.2, 0) is 4.79 Å². The van der Waals surface area contributed by atoms with Crippen molar-refractivity contribution in [2.75, 3.05) is 18.8 Å². The van der Waals surface area contributed by atoms with Crippen LogP contribution in [0.2, 0.25) is 0 Å². The minimum atomic E-state index is -0.518. The summed E-state index contributed by atoms with van der Waals surface area (Å²) in [5, 5.41) is 6.36. The molecule has 1 aromatic carbocycles. The van der Waals surface area contributed by atoms with E-state index < -0.39 is 6.10 Å². The van der Waals surface area contributed by atoms with Gasteiger partial charge >= 0.3 is 0 Å². The van der Waals surface area contributed by atoms with Gasteiger partial charge < -0.3 is 21.1 Å². The molecule has 1 amide bonds. The largest absolute Gasteiger partial charge is 0.481 e. The van der Waals surface area contributed by atoms with E-state index in [1.807, 2.05) is 26.8 Å². The lowest BCUT2D eigenvalue weighted by molar-refractivity contribution is -0.128. The van der Waals surface area contributed by atoms with Crippen molar-refractivity contribution in [3.63, 3.8) is 0 Å². The summed E-state index contributed by atoms with van der Waals surface area (Å²) in [7, 11) is 0. The molecule has 1 atom stereocenters. The van der Waals surface area contributed by atoms with E-state index in [-0.39, 0.29) is 11.9 Å². The van der Waals surface area contributed by atoms with Gasteiger partial charge in [0.2, 0.25) is 0 Å². The van der Waals surface area contributed by atoms with E-state index in [9.17, 15) is 4.79 Å². The number of ether oxygens (including phenoxy) is 1. The molecule has 122 valence electrons. The van der Waals surface area contributed by atoms with Gasteiger partial charge in [0.05, 0.1) is 0 Å². The van der Waals surface area contributed by atoms with Crippen LogP contribution in [0.15, 0.2) is 6.07 Å². The average molecular weight is 305 g/mol. The van der Waals surface area contributed by atoms with Gasteiger partial charge in [0.25, 0.3) is 5.91 Å². The summed E-state index contributed by atoms with van der Waals surface area (Å²) in [6, 6.07) is 2.15. The van der Waals surface area contributed by atoms with Crippen LogP contribution in [0, 0.1) is 20.8 Å². The number of nitrogens with one attached hydrogen (secondary N) is 2. The minimum Gasteiger partial charge on any atom is -0.481 e. The zero-order chi connectivity index (χ0) is 16.3. The number of piperidine rings is 1. The van der Waals surface area contributed by atoms with Crippen LogP contribution in [-0.4, -0.2) is 31.1 Å². The van der Waals surface area contributed by atoms with Crippen molar-refractivity contribution in [3.05, 3.63) is 22.8 Å². The van der Waals surface area contributed by atoms with Crippen LogP contribution in [0.1, 0.15) is 36.5 Å². The maximum Gasteiger partial charge on any atom is 0.260 e. The number of hydrogen-bond donors (Lipinski definition) is 3. The molecule has 0 aliphatic carbocycles. The molecule has 0 radical (unpaired) electrons. The summed E-state index contributed by atoms with van der Waals surface area (Å²) < 4.78 is 5.88. The molecule has 0 bridgehead atoms. The molecule has 1 fully saturated rings. The summed E-state index contributed by atoms with van der Waals surface area (Å²) in [5.41, 5.74) is 9.79. The molecule has 5 nitrogen and oxygen atoms in total. The lowest BCUT2D eigenvalue weighted by atomic mass is 10.0. The number of aryl methyl sites for hydroxylation is 1. The third-order valence-corrected chi connectivity index (χ3v) is 4.47. The predicted molar refractivity (Wildman–Crippen MR) is 89.2 cm³/mol. The smallest absolute Gasteiger partial charge is 0.260 e. The van der Waals surface area contributed by atoms with Crippen LogP contribution in [0.4, 0.5) is 5.69 Å². The first kappa shape index (κ1) is 16.6. The Labute approximate surface area is 132 Å². The van der Waals surface area contributed by atoms with Gasteiger partial charge in [-0.25, -0.2) is 0 Å². The highest BCUT2D eigenvalue weighted by Crippen LogP contribution is 2.29. The zero-order valence-corrected chi connectivity index (χ0v) is 14.0. The van der Waals surface area contributed by atoms with E-state index in [2.05, 4.69) is 10.6 Å². The van der Waals surface area contributed by atoms with Gasteiger partial charge in [-0.1, -0.05) is 0 Å². The van der Waals surface area contributed by atoms with E-state index >= 15 is 0 Å². The molecular formula is C17H27N3O2. The van der Waals surface area contributed by atoms with Crippen molar-refractivity contribution in [1.29, 1.82) is 0 Å². The van der Waals surface area contributed by atoms with Crippen LogP contribution < -0.4 is 21.1 Å². The molecule has 22 heavy (non-hydrogen) atoms. The first-order chi connectivity index (χ1) is 10.4. The Kier molecular flexibility index (Phi) is 5.29. The second-order valence-electron chi connectivity index (χ2n) is 6.15. The fraction of sp³-hybridized carbons (Fsp3) is 0.588. The summed E-state index contributed by atoms with van der Waals surface area (Å²) in [5.74, 6) is 0.676. The molecule has 2 rings (SSSR count). The third kappa shape index (κ3) is 3.71. The Morgan fingerprint density at radius 3 is 2.59 bits per heavy atom. The van der Waals surface area contributed by atoms with Crippen molar-refractivity contribution in [1.82, 2.24) is 10.6 Å². The number of rotatable bonds is 4. The van der Waals surface area contributed by atoms with E-state index in [0.717, 1.165) is 54.1 Å². The predicted octanol–water partition coefficient (Wildman–Crippen LogP) is 1.83. The minimum absolute atomic E-state index is 0.0570. The molecule has 1 aromatic rings. The van der Waals surface area contributed by atoms with Crippen molar-refractivity contribution < 1.29 is 9.53 Å². The Bertz CT molecular complexity index is 551. The zero-order valence-electron chi connectivity index (χ0n) is 14.0. The van der Waals surface area contributed by atoms with Crippen molar-refractivity contribution in [2.45, 2.75) is 52.7 Å². The van der Waals surface area contributed by atoms with E-state index in [0.29, 0.717) is 0 Å². The number of anilines is 1. The number of nitrogens with two attached hydrogens (primary N) is 1. The summed E-state index contributed by atoms with van der Waals surface area (Å²) in [4.78, 5) is 12.3. The van der Waals surface area contributed by atoms with Crippen LogP contribution in [0.5, 0.6) is 5.75 Å². The van der Waals surface area contributed by atoms with E-state index in [4.69, 9.17) is 10.5 Å². The van der Waals surface area contributed by atoms with Crippen molar-refractivity contribution >= 4 is 11.6 Å². The molecule has 0 aromatic heterocycles. The van der Waals surface area contributed by atoms with Crippen molar-refractivity contribution in [2.24, 2.45) is 0 Å². The van der Waals surface area contributed by atoms with Crippen molar-refractivity contribution in [3.8, 4) is 5.75 Å². The van der Waals surface area contributed by atoms with Gasteiger partial charge in [0.1, 0.15) is 5.75 Å². The summed E-state index contributed by atoms with van der Waals surface area (Å²) in [6.07, 6.45) is 1.42. The van der Waals surface area contributed by atoms with Gasteiger partial charge in [0, 0.05) is 11.7 Å². The number of carbonyl (C=O) groups excluding carboxylic acids is 1. The number of hydrogen-bond acceptors (Lipinski definition) is 4. The second kappa shape index (κ2) is 7.01. The van der Waals surface area contributed by atoms with Crippen LogP contribution >= 0.6 is 0 Å². The molecule has 1 unspecified atom stereocenters. The fourth-order valence-electron chi connectivity index (χ4n) is 2.72. The highest BCUT2D eigenvalue weighted by atomic mass is 16.5. The summed E-state index contributed by atoms with van der Waals surface area (Å²) in [6.45, 7) is 9.60. The lowest BCUT2D eigenvalue weighted by Gasteiger charge is -2.26. The SMILES string of the molecule is Cc1cc(OC(C)C(=O)NC2CCNCC2)c(C)c(C)c1N. The Balaban J connectivity index is 2.02. The number of carbonyl (C=O) groups is 1. The van der Waals surface area contributed by atoms with Gasteiger partial charge in [-0.2, -0.15) is 0 Å². The number of amides is 1. The molecule has 0 spiro atoms. The normalized spacial score (nSPS) is 17.1. The maximum absolute atomic E-state index is 12.3. The maximum atomic E-state index is 12.3. The van der Waals surface area contributed by atoms with Gasteiger partial charge in [-0.05, 0) is 76.4 Å². The van der Waals surface area contributed by atoms with Gasteiger partial charge in [-0.15, -0.1) is 0 Å². The van der Waals surface area contributed by atoms with Crippen LogP contribution in [0.3, 0.4) is 0 Å². The first-order valence-electron chi connectivity index (χ1n) is 7.94. The standard InChI is InChI=1S/C17H27N3O2/c1-10-9-15(11(2)12(3)16(10)18)22-13(4)17(21)20-14-5-7-19-8-6-14/h9,13-14,19H,5-8,18H2,1-4H3,(H,20,21). The molecular weight excluding hydrogens is 278 g/mol. The quantitative estimate of drug-likeness (QED) is 0.742. The second-order valence-corrected chi connectivity index (χ2v) is 6.15. The molecule has 1 saturated heterocycles. The molecule has 1 heterocycles. The van der Waals surface area contributed by atoms with E-state index in [1.165, 1.54) is 0 Å². The van der Waals surface area contributed by atoms with Gasteiger partial charge in [-0.3, -0.25) is 4.79 Å². The highest BCUT2D eigenvalue weighted by Gasteiger charge is 2.21. The third-order valence-electron chi connectivity index (χ3n) is 4.47. The molecule has 5 heteroatoms. The highest BCUT2D eigenvalue weighted by molar-refractivity contribution is 5.81. The average Bonchev–Trinajstić information content (AvgIpc) is 2.51. The molecule has 4 N–H and O–H groups in total. The molecule has 1 aliphatic heterocycles. The number of benzene rings is 1. The fourth-order valence-corrected chi connectivity index (χ4v) is 2.72.